The number of hydrogen-bond donors (Lipinski definition) is 3. The molecular weight excluding hydrogens is 1280 g/mol. The molecule has 0 aliphatic heterocycles. The fourth-order valence-corrected chi connectivity index (χ4v) is 13.8. The molecule has 0 aromatic heterocycles. The summed E-state index contributed by atoms with van der Waals surface area (Å²) in [6, 6.07) is 0. The van der Waals surface area contributed by atoms with Crippen LogP contribution in [-0.2, 0) is 65.4 Å². The Kier molecular flexibility index (Phi) is 69.3. The van der Waals surface area contributed by atoms with Gasteiger partial charge in [-0.2, -0.15) is 0 Å². The van der Waals surface area contributed by atoms with Crippen molar-refractivity contribution < 1.29 is 80.2 Å². The minimum Gasteiger partial charge on any atom is -0.462 e. The van der Waals surface area contributed by atoms with Crippen LogP contribution in [0.25, 0.3) is 0 Å². The highest BCUT2D eigenvalue weighted by Crippen LogP contribution is 2.45. The summed E-state index contributed by atoms with van der Waals surface area (Å²) in [7, 11) is -9.92. The van der Waals surface area contributed by atoms with Gasteiger partial charge in [0.15, 0.2) is 12.2 Å². The summed E-state index contributed by atoms with van der Waals surface area (Å²) >= 11 is 0. The average Bonchev–Trinajstić information content (AvgIpc) is 1.38. The van der Waals surface area contributed by atoms with Gasteiger partial charge in [-0.3, -0.25) is 37.3 Å². The highest BCUT2D eigenvalue weighted by molar-refractivity contribution is 7.47. The first-order valence-corrected chi connectivity index (χ1v) is 44.0. The van der Waals surface area contributed by atoms with E-state index in [0.717, 1.165) is 102 Å². The van der Waals surface area contributed by atoms with Gasteiger partial charge in [0, 0.05) is 25.7 Å². The first-order valence-electron chi connectivity index (χ1n) is 41.0. The first-order chi connectivity index (χ1) is 47.4. The number of unbranched alkanes of at least 4 members (excludes halogenated alkanes) is 48. The van der Waals surface area contributed by atoms with Crippen molar-refractivity contribution in [3.05, 3.63) is 0 Å². The molecular formula is C79H154O17P2. The van der Waals surface area contributed by atoms with E-state index in [-0.39, 0.29) is 25.7 Å². The number of rotatable bonds is 78. The number of aliphatic hydroxyl groups is 1. The minimum atomic E-state index is -4.96. The van der Waals surface area contributed by atoms with E-state index >= 15 is 0 Å². The molecule has 19 heteroatoms. The largest absolute Gasteiger partial charge is 0.472 e. The molecule has 0 aliphatic carbocycles. The number of phosphoric acid groups is 2. The normalized spacial score (nSPS) is 13.9. The molecule has 2 unspecified atom stereocenters. The highest BCUT2D eigenvalue weighted by Gasteiger charge is 2.30. The van der Waals surface area contributed by atoms with Crippen LogP contribution in [0.15, 0.2) is 0 Å². The van der Waals surface area contributed by atoms with Crippen molar-refractivity contribution in [2.24, 2.45) is 11.8 Å². The third-order valence-corrected chi connectivity index (χ3v) is 20.4. The van der Waals surface area contributed by atoms with Crippen LogP contribution in [0.2, 0.25) is 0 Å². The molecule has 0 bridgehead atoms. The van der Waals surface area contributed by atoms with Crippen LogP contribution in [0.4, 0.5) is 0 Å². The van der Waals surface area contributed by atoms with Crippen LogP contribution in [0.5, 0.6) is 0 Å². The molecule has 0 aliphatic rings. The van der Waals surface area contributed by atoms with Gasteiger partial charge in [-0.25, -0.2) is 9.13 Å². The first kappa shape index (κ1) is 96.1. The Hall–Kier alpha value is -1.94. The molecule has 3 N–H and O–H groups in total. The summed E-state index contributed by atoms with van der Waals surface area (Å²) in [4.78, 5) is 73.0. The zero-order chi connectivity index (χ0) is 72.1. The SMILES string of the molecule is CCCCCCCCCCCCCCCCCCCCCC(=O)O[C@H](COC(=O)CCCCCCCCCCCCCC(C)C)COP(=O)(O)OC[C@@H](O)COP(=O)(O)OC[C@@H](COC(=O)CCCCCCCCCCC(C)C)OC(=O)CCCCCCCCCCCCCCCC. The highest BCUT2D eigenvalue weighted by atomic mass is 31.2. The zero-order valence-corrected chi connectivity index (χ0v) is 65.9. The molecule has 0 saturated carbocycles. The Morgan fingerprint density at radius 2 is 0.469 bits per heavy atom. The Morgan fingerprint density at radius 3 is 0.694 bits per heavy atom. The Bertz CT molecular complexity index is 1890. The van der Waals surface area contributed by atoms with Crippen molar-refractivity contribution in [3.8, 4) is 0 Å². The Balaban J connectivity index is 5.24. The molecule has 0 amide bonds. The van der Waals surface area contributed by atoms with E-state index in [9.17, 15) is 43.2 Å². The molecule has 0 aromatic rings. The third kappa shape index (κ3) is 72.4. The number of esters is 4. The van der Waals surface area contributed by atoms with Crippen LogP contribution in [0.3, 0.4) is 0 Å². The molecule has 582 valence electrons. The van der Waals surface area contributed by atoms with E-state index in [2.05, 4.69) is 41.5 Å². The van der Waals surface area contributed by atoms with E-state index in [0.29, 0.717) is 25.7 Å². The second kappa shape index (κ2) is 70.7. The minimum absolute atomic E-state index is 0.107. The lowest BCUT2D eigenvalue weighted by Gasteiger charge is -2.21. The van der Waals surface area contributed by atoms with Crippen LogP contribution >= 0.6 is 15.6 Å². The Labute approximate surface area is 600 Å². The van der Waals surface area contributed by atoms with Gasteiger partial charge >= 0.3 is 39.5 Å². The van der Waals surface area contributed by atoms with Crippen LogP contribution in [-0.4, -0.2) is 96.7 Å². The van der Waals surface area contributed by atoms with Crippen molar-refractivity contribution in [2.75, 3.05) is 39.6 Å². The predicted octanol–water partition coefficient (Wildman–Crippen LogP) is 23.5. The van der Waals surface area contributed by atoms with Gasteiger partial charge in [-0.1, -0.05) is 363 Å². The van der Waals surface area contributed by atoms with Crippen molar-refractivity contribution in [2.45, 2.75) is 432 Å². The predicted molar refractivity (Wildman–Crippen MR) is 400 cm³/mol. The summed E-state index contributed by atoms with van der Waals surface area (Å²) in [6.45, 7) is 9.59. The molecule has 17 nitrogen and oxygen atoms in total. The number of hydrogen-bond acceptors (Lipinski definition) is 15. The molecule has 98 heavy (non-hydrogen) atoms. The zero-order valence-electron chi connectivity index (χ0n) is 64.1. The van der Waals surface area contributed by atoms with Gasteiger partial charge in [0.05, 0.1) is 26.4 Å². The summed E-state index contributed by atoms with van der Waals surface area (Å²) in [5, 5.41) is 10.6. The van der Waals surface area contributed by atoms with E-state index in [1.54, 1.807) is 0 Å². The average molecular weight is 1440 g/mol. The van der Waals surface area contributed by atoms with E-state index < -0.39 is 97.5 Å². The second-order valence-electron chi connectivity index (χ2n) is 29.4. The lowest BCUT2D eigenvalue weighted by molar-refractivity contribution is -0.161. The number of carbonyl (C=O) groups is 4. The summed E-state index contributed by atoms with van der Waals surface area (Å²) < 4.78 is 68.7. The van der Waals surface area contributed by atoms with Crippen LogP contribution in [0, 0.1) is 11.8 Å². The summed E-state index contributed by atoms with van der Waals surface area (Å²) in [6.07, 6.45) is 59.6. The molecule has 5 atom stereocenters. The number of carbonyl (C=O) groups excluding carboxylic acids is 4. The van der Waals surface area contributed by atoms with E-state index in [4.69, 9.17) is 37.0 Å². The lowest BCUT2D eigenvalue weighted by Crippen LogP contribution is -2.30. The fraction of sp³-hybridized carbons (Fsp3) is 0.949. The van der Waals surface area contributed by atoms with Crippen LogP contribution in [0.1, 0.15) is 414 Å². The molecule has 0 spiro atoms. The quantitative estimate of drug-likeness (QED) is 0.0222. The van der Waals surface area contributed by atoms with E-state index in [1.807, 2.05) is 0 Å². The number of phosphoric ester groups is 2. The molecule has 0 saturated heterocycles. The standard InChI is InChI=1S/C79H154O17P2/c1-7-9-11-13-15-17-19-21-23-24-25-26-27-29-33-38-46-52-58-64-79(84)95-74(67-89-76(81)61-55-49-43-36-34-30-31-35-41-47-53-59-71(3)4)69-93-97(85,86)91-65-73(80)66-92-98(87,88)94-70-75(68-90-77(82)62-56-50-44-40-39-42-48-54-60-72(5)6)96-78(83)63-57-51-45-37-32-28-22-20-18-16-14-12-10-8-2/h71-75,80H,7-70H2,1-6H3,(H,85,86)(H,87,88)/t73-,74-,75-/m1/s1. The van der Waals surface area contributed by atoms with Gasteiger partial charge in [0.2, 0.25) is 0 Å². The van der Waals surface area contributed by atoms with Gasteiger partial charge in [0.1, 0.15) is 19.3 Å². The summed E-state index contributed by atoms with van der Waals surface area (Å²) in [5.41, 5.74) is 0. The fourth-order valence-electron chi connectivity index (χ4n) is 12.2. The van der Waals surface area contributed by atoms with Gasteiger partial charge in [-0.15, -0.1) is 0 Å². The van der Waals surface area contributed by atoms with Gasteiger partial charge < -0.3 is 33.8 Å². The Morgan fingerprint density at radius 1 is 0.276 bits per heavy atom. The van der Waals surface area contributed by atoms with Crippen molar-refractivity contribution in [1.29, 1.82) is 0 Å². The van der Waals surface area contributed by atoms with Crippen molar-refractivity contribution in [3.63, 3.8) is 0 Å². The molecule has 0 heterocycles. The number of ether oxygens (including phenoxy) is 4. The lowest BCUT2D eigenvalue weighted by atomic mass is 10.0. The maximum Gasteiger partial charge on any atom is 0.472 e. The topological polar surface area (TPSA) is 237 Å². The molecule has 0 aromatic carbocycles. The molecule has 0 fully saturated rings. The van der Waals surface area contributed by atoms with Crippen molar-refractivity contribution >= 4 is 39.5 Å². The van der Waals surface area contributed by atoms with Crippen LogP contribution < -0.4 is 0 Å². The number of aliphatic hydroxyl groups excluding tert-OH is 1. The van der Waals surface area contributed by atoms with Gasteiger partial charge in [-0.05, 0) is 37.5 Å². The molecule has 0 radical (unpaired) electrons. The monoisotopic (exact) mass is 1440 g/mol. The smallest absolute Gasteiger partial charge is 0.462 e. The van der Waals surface area contributed by atoms with Crippen molar-refractivity contribution in [1.82, 2.24) is 0 Å². The summed E-state index contributed by atoms with van der Waals surface area (Å²) in [5.74, 6) is -0.613. The van der Waals surface area contributed by atoms with E-state index in [1.165, 1.54) is 231 Å². The molecule has 0 rings (SSSR count). The van der Waals surface area contributed by atoms with Gasteiger partial charge in [0.25, 0.3) is 0 Å². The second-order valence-corrected chi connectivity index (χ2v) is 32.3. The maximum absolute atomic E-state index is 13.1. The third-order valence-electron chi connectivity index (χ3n) is 18.5. The maximum atomic E-state index is 13.1.